The SMILES string of the molecule is CC1C(=O)N(Cc2ccc3c(N)ncnc3c2)CCN1C(=O)COc1cc(Cl)cs1. The van der Waals surface area contributed by atoms with Gasteiger partial charge in [-0.15, -0.1) is 11.3 Å². The molecule has 3 heterocycles. The maximum Gasteiger partial charge on any atom is 0.261 e. The molecule has 1 atom stereocenters. The van der Waals surface area contributed by atoms with Gasteiger partial charge in [-0.05, 0) is 24.6 Å². The van der Waals surface area contributed by atoms with Crippen LogP contribution in [0.4, 0.5) is 5.82 Å². The molecule has 0 aliphatic carbocycles. The number of piperazine rings is 1. The zero-order valence-corrected chi connectivity index (χ0v) is 17.8. The number of amides is 2. The smallest absolute Gasteiger partial charge is 0.261 e. The second kappa shape index (κ2) is 8.45. The van der Waals surface area contributed by atoms with E-state index >= 15 is 0 Å². The van der Waals surface area contributed by atoms with Crippen LogP contribution in [0.25, 0.3) is 10.9 Å². The molecule has 1 aromatic carbocycles. The number of nitrogens with zero attached hydrogens (tertiary/aromatic N) is 4. The van der Waals surface area contributed by atoms with E-state index in [2.05, 4.69) is 9.97 Å². The molecule has 1 aliphatic rings. The van der Waals surface area contributed by atoms with Crippen molar-refractivity contribution in [1.82, 2.24) is 19.8 Å². The molecule has 0 spiro atoms. The lowest BCUT2D eigenvalue weighted by molar-refractivity contribution is -0.152. The van der Waals surface area contributed by atoms with Gasteiger partial charge >= 0.3 is 0 Å². The molecule has 1 aliphatic heterocycles. The highest BCUT2D eigenvalue weighted by Gasteiger charge is 2.34. The minimum atomic E-state index is -0.555. The molecule has 156 valence electrons. The first-order valence-electron chi connectivity index (χ1n) is 9.36. The van der Waals surface area contributed by atoms with Crippen LogP contribution in [-0.2, 0) is 16.1 Å². The molecule has 2 N–H and O–H groups in total. The fourth-order valence-electron chi connectivity index (χ4n) is 3.46. The van der Waals surface area contributed by atoms with E-state index in [1.165, 1.54) is 17.7 Å². The van der Waals surface area contributed by atoms with E-state index < -0.39 is 6.04 Å². The van der Waals surface area contributed by atoms with Gasteiger partial charge in [0.05, 0.1) is 10.5 Å². The van der Waals surface area contributed by atoms with E-state index in [9.17, 15) is 9.59 Å². The van der Waals surface area contributed by atoms with Crippen molar-refractivity contribution in [2.75, 3.05) is 25.4 Å². The average Bonchev–Trinajstić information content (AvgIpc) is 3.15. The number of nitrogens with two attached hydrogens (primary N) is 1. The summed E-state index contributed by atoms with van der Waals surface area (Å²) < 4.78 is 5.49. The molecule has 10 heteroatoms. The van der Waals surface area contributed by atoms with Crippen molar-refractivity contribution in [2.45, 2.75) is 19.5 Å². The number of rotatable bonds is 5. The van der Waals surface area contributed by atoms with Gasteiger partial charge in [-0.2, -0.15) is 0 Å². The van der Waals surface area contributed by atoms with E-state index in [1.807, 2.05) is 18.2 Å². The second-order valence-electron chi connectivity index (χ2n) is 7.01. The van der Waals surface area contributed by atoms with Crippen LogP contribution in [-0.4, -0.2) is 57.3 Å². The van der Waals surface area contributed by atoms with Crippen molar-refractivity contribution in [1.29, 1.82) is 0 Å². The summed E-state index contributed by atoms with van der Waals surface area (Å²) in [5, 5.41) is 3.66. The van der Waals surface area contributed by atoms with Crippen LogP contribution in [0, 0.1) is 0 Å². The van der Waals surface area contributed by atoms with Crippen LogP contribution < -0.4 is 10.5 Å². The summed E-state index contributed by atoms with van der Waals surface area (Å²) in [5.41, 5.74) is 7.55. The number of nitrogen functional groups attached to an aromatic ring is 1. The van der Waals surface area contributed by atoms with E-state index in [0.717, 1.165) is 16.5 Å². The summed E-state index contributed by atoms with van der Waals surface area (Å²) in [5.74, 6) is 0.101. The quantitative estimate of drug-likeness (QED) is 0.647. The molecule has 1 saturated heterocycles. The van der Waals surface area contributed by atoms with Gasteiger partial charge < -0.3 is 20.3 Å². The van der Waals surface area contributed by atoms with Crippen LogP contribution in [0.15, 0.2) is 36.0 Å². The van der Waals surface area contributed by atoms with Crippen molar-refractivity contribution in [3.63, 3.8) is 0 Å². The molecule has 0 bridgehead atoms. The van der Waals surface area contributed by atoms with E-state index in [1.54, 1.807) is 28.2 Å². The van der Waals surface area contributed by atoms with Crippen LogP contribution in [0.2, 0.25) is 5.02 Å². The number of carbonyl (C=O) groups is 2. The number of ether oxygens (including phenoxy) is 1. The van der Waals surface area contributed by atoms with Gasteiger partial charge in [0.25, 0.3) is 5.91 Å². The Morgan fingerprint density at radius 2 is 2.17 bits per heavy atom. The van der Waals surface area contributed by atoms with Crippen LogP contribution in [0.5, 0.6) is 5.06 Å². The minimum Gasteiger partial charge on any atom is -0.474 e. The highest BCUT2D eigenvalue weighted by Crippen LogP contribution is 2.26. The Balaban J connectivity index is 1.39. The van der Waals surface area contributed by atoms with E-state index in [0.29, 0.717) is 35.5 Å². The maximum absolute atomic E-state index is 12.9. The lowest BCUT2D eigenvalue weighted by atomic mass is 10.1. The highest BCUT2D eigenvalue weighted by atomic mass is 35.5. The Hall–Kier alpha value is -2.91. The third-order valence-electron chi connectivity index (χ3n) is 5.05. The first-order chi connectivity index (χ1) is 14.4. The molecule has 2 aromatic heterocycles. The molecular formula is C20H20ClN5O3S. The van der Waals surface area contributed by atoms with Gasteiger partial charge in [0.1, 0.15) is 18.2 Å². The van der Waals surface area contributed by atoms with Crippen molar-refractivity contribution < 1.29 is 14.3 Å². The van der Waals surface area contributed by atoms with Crippen molar-refractivity contribution in [3.05, 3.63) is 46.6 Å². The fourth-order valence-corrected chi connectivity index (χ4v) is 4.37. The summed E-state index contributed by atoms with van der Waals surface area (Å²) in [6, 6.07) is 6.79. The standard InChI is InChI=1S/C20H20ClN5O3S/c1-12-20(28)25(8-13-2-3-15-16(6-13)23-11-24-19(15)22)4-5-26(12)17(27)9-29-18-7-14(21)10-30-18/h2-3,6-7,10-12H,4-5,8-9H2,1H3,(H2,22,23,24). The summed E-state index contributed by atoms with van der Waals surface area (Å²) >= 11 is 7.19. The minimum absolute atomic E-state index is 0.101. The Kier molecular flexibility index (Phi) is 5.74. The molecule has 2 amide bonds. The topological polar surface area (TPSA) is 102 Å². The maximum atomic E-state index is 12.9. The highest BCUT2D eigenvalue weighted by molar-refractivity contribution is 7.12. The zero-order valence-electron chi connectivity index (χ0n) is 16.2. The molecule has 1 fully saturated rings. The van der Waals surface area contributed by atoms with Gasteiger partial charge in [-0.25, -0.2) is 9.97 Å². The summed E-state index contributed by atoms with van der Waals surface area (Å²) in [6.45, 7) is 2.95. The van der Waals surface area contributed by atoms with Crippen LogP contribution in [0.3, 0.4) is 0 Å². The number of halogens is 1. The summed E-state index contributed by atoms with van der Waals surface area (Å²) in [4.78, 5) is 37.0. The Morgan fingerprint density at radius 1 is 1.33 bits per heavy atom. The van der Waals surface area contributed by atoms with Gasteiger partial charge in [-0.1, -0.05) is 17.7 Å². The molecule has 0 saturated carbocycles. The second-order valence-corrected chi connectivity index (χ2v) is 8.32. The Labute approximate surface area is 182 Å². The number of benzene rings is 1. The fraction of sp³-hybridized carbons (Fsp3) is 0.300. The number of thiophene rings is 1. The molecular weight excluding hydrogens is 426 g/mol. The predicted molar refractivity (Wildman–Crippen MR) is 115 cm³/mol. The molecule has 1 unspecified atom stereocenters. The molecule has 3 aromatic rings. The first-order valence-corrected chi connectivity index (χ1v) is 10.6. The lowest BCUT2D eigenvalue weighted by Gasteiger charge is -2.39. The summed E-state index contributed by atoms with van der Waals surface area (Å²) in [7, 11) is 0. The van der Waals surface area contributed by atoms with Crippen LogP contribution >= 0.6 is 22.9 Å². The van der Waals surface area contributed by atoms with E-state index in [4.69, 9.17) is 22.1 Å². The number of aromatic nitrogens is 2. The van der Waals surface area contributed by atoms with Crippen molar-refractivity contribution in [2.24, 2.45) is 0 Å². The van der Waals surface area contributed by atoms with E-state index in [-0.39, 0.29) is 18.4 Å². The number of anilines is 1. The van der Waals surface area contributed by atoms with Gasteiger partial charge in [0.2, 0.25) is 5.91 Å². The predicted octanol–water partition coefficient (Wildman–Crippen LogP) is 2.57. The molecule has 4 rings (SSSR count). The van der Waals surface area contributed by atoms with Gasteiger partial charge in [0.15, 0.2) is 11.7 Å². The lowest BCUT2D eigenvalue weighted by Crippen LogP contribution is -2.58. The third-order valence-corrected chi connectivity index (χ3v) is 6.24. The first kappa shape index (κ1) is 20.4. The average molecular weight is 446 g/mol. The normalized spacial score (nSPS) is 16.9. The zero-order chi connectivity index (χ0) is 21.3. The van der Waals surface area contributed by atoms with Crippen molar-refractivity contribution >= 4 is 51.5 Å². The van der Waals surface area contributed by atoms with Crippen molar-refractivity contribution in [3.8, 4) is 5.06 Å². The number of hydrogen-bond acceptors (Lipinski definition) is 7. The molecule has 0 radical (unpaired) electrons. The number of hydrogen-bond donors (Lipinski definition) is 1. The van der Waals surface area contributed by atoms with Crippen LogP contribution in [0.1, 0.15) is 12.5 Å². The van der Waals surface area contributed by atoms with Gasteiger partial charge in [-0.3, -0.25) is 9.59 Å². The number of fused-ring (bicyclic) bond motifs is 1. The number of carbonyl (C=O) groups excluding carboxylic acids is 2. The Morgan fingerprint density at radius 3 is 2.93 bits per heavy atom. The largest absolute Gasteiger partial charge is 0.474 e. The molecule has 8 nitrogen and oxygen atoms in total. The Bertz CT molecular complexity index is 1100. The molecule has 30 heavy (non-hydrogen) atoms. The van der Waals surface area contributed by atoms with Gasteiger partial charge in [0, 0.05) is 36.5 Å². The monoisotopic (exact) mass is 445 g/mol. The third kappa shape index (κ3) is 4.17. The summed E-state index contributed by atoms with van der Waals surface area (Å²) in [6.07, 6.45) is 1.42.